The quantitative estimate of drug-likeness (QED) is 0.380. The van der Waals surface area contributed by atoms with Crippen molar-refractivity contribution >= 4 is 27.2 Å². The molecule has 0 saturated carbocycles. The van der Waals surface area contributed by atoms with Gasteiger partial charge in [-0.15, -0.1) is 11.3 Å². The van der Waals surface area contributed by atoms with Crippen molar-refractivity contribution in [3.63, 3.8) is 0 Å². The number of hydrogen-bond acceptors (Lipinski definition) is 6. The second-order valence-electron chi connectivity index (χ2n) is 7.23. The molecule has 146 valence electrons. The molecule has 29 heavy (non-hydrogen) atoms. The average Bonchev–Trinajstić information content (AvgIpc) is 3.33. The summed E-state index contributed by atoms with van der Waals surface area (Å²) in [6, 6.07) is 8.12. The van der Waals surface area contributed by atoms with Gasteiger partial charge in [0.05, 0.1) is 10.3 Å². The van der Waals surface area contributed by atoms with Crippen LogP contribution in [0.2, 0.25) is 0 Å². The highest BCUT2D eigenvalue weighted by Crippen LogP contribution is 2.35. The zero-order chi connectivity index (χ0) is 20.1. The SMILES string of the molecule is Cc1ccc([N+](=O)[O-])cc1-c1ccc(-c2nc3sc4c(c3c(=O)[nH]2)CCCC4)o1. The predicted molar refractivity (Wildman–Crippen MR) is 111 cm³/mol. The highest BCUT2D eigenvalue weighted by molar-refractivity contribution is 7.18. The standard InChI is InChI=1S/C21H17N3O4S/c1-11-6-7-12(24(26)27)10-14(11)15-8-9-16(28-15)19-22-20(25)18-13-4-2-3-5-17(13)29-21(18)23-19/h6-10H,2-5H2,1H3,(H,22,23,25). The van der Waals surface area contributed by atoms with Crippen molar-refractivity contribution in [3.8, 4) is 22.9 Å². The van der Waals surface area contributed by atoms with Crippen molar-refractivity contribution in [3.05, 3.63) is 66.8 Å². The Kier molecular flexibility index (Phi) is 4.09. The van der Waals surface area contributed by atoms with Crippen molar-refractivity contribution in [1.29, 1.82) is 0 Å². The van der Waals surface area contributed by atoms with Gasteiger partial charge in [-0.25, -0.2) is 4.98 Å². The van der Waals surface area contributed by atoms with E-state index in [0.29, 0.717) is 28.3 Å². The van der Waals surface area contributed by atoms with Gasteiger partial charge in [0.15, 0.2) is 11.6 Å². The Morgan fingerprint density at radius 3 is 2.79 bits per heavy atom. The number of nitrogens with one attached hydrogen (secondary N) is 1. The number of rotatable bonds is 3. The lowest BCUT2D eigenvalue weighted by Gasteiger charge is -2.09. The number of benzene rings is 1. The van der Waals surface area contributed by atoms with Gasteiger partial charge < -0.3 is 9.40 Å². The molecule has 1 N–H and O–H groups in total. The van der Waals surface area contributed by atoms with Crippen LogP contribution in [0.15, 0.2) is 39.5 Å². The number of thiophene rings is 1. The van der Waals surface area contributed by atoms with Crippen LogP contribution >= 0.6 is 11.3 Å². The van der Waals surface area contributed by atoms with Gasteiger partial charge in [0.25, 0.3) is 11.2 Å². The lowest BCUT2D eigenvalue weighted by molar-refractivity contribution is -0.384. The first kappa shape index (κ1) is 17.8. The van der Waals surface area contributed by atoms with E-state index in [0.717, 1.165) is 41.6 Å². The molecule has 1 aromatic carbocycles. The molecule has 0 radical (unpaired) electrons. The minimum Gasteiger partial charge on any atom is -0.453 e. The Morgan fingerprint density at radius 1 is 1.17 bits per heavy atom. The third-order valence-corrected chi connectivity index (χ3v) is 6.55. The van der Waals surface area contributed by atoms with Gasteiger partial charge in [0, 0.05) is 22.6 Å². The molecule has 0 atom stereocenters. The summed E-state index contributed by atoms with van der Waals surface area (Å²) >= 11 is 1.59. The van der Waals surface area contributed by atoms with Crippen LogP contribution in [0.5, 0.6) is 0 Å². The maximum absolute atomic E-state index is 12.8. The predicted octanol–water partition coefficient (Wildman–Crippen LogP) is 5.01. The Balaban J connectivity index is 1.59. The molecule has 3 heterocycles. The molecule has 0 bridgehead atoms. The summed E-state index contributed by atoms with van der Waals surface area (Å²) in [5.74, 6) is 1.29. The Hall–Kier alpha value is -3.26. The molecule has 0 unspecified atom stereocenters. The first-order valence-electron chi connectivity index (χ1n) is 9.41. The van der Waals surface area contributed by atoms with Crippen molar-refractivity contribution in [2.75, 3.05) is 0 Å². The smallest absolute Gasteiger partial charge is 0.270 e. The van der Waals surface area contributed by atoms with Crippen LogP contribution < -0.4 is 5.56 Å². The summed E-state index contributed by atoms with van der Waals surface area (Å²) in [6.45, 7) is 1.86. The summed E-state index contributed by atoms with van der Waals surface area (Å²) in [5.41, 5.74) is 2.50. The second kappa shape index (κ2) is 6.66. The molecule has 5 rings (SSSR count). The molecular formula is C21H17N3O4S. The van der Waals surface area contributed by atoms with Gasteiger partial charge in [-0.1, -0.05) is 6.07 Å². The molecule has 0 aliphatic heterocycles. The van der Waals surface area contributed by atoms with Crippen LogP contribution in [0.1, 0.15) is 28.8 Å². The van der Waals surface area contributed by atoms with Gasteiger partial charge in [-0.05, 0) is 55.9 Å². The van der Waals surface area contributed by atoms with E-state index in [9.17, 15) is 14.9 Å². The first-order valence-corrected chi connectivity index (χ1v) is 10.2. The number of H-pyrrole nitrogens is 1. The fourth-order valence-corrected chi connectivity index (χ4v) is 5.14. The highest BCUT2D eigenvalue weighted by atomic mass is 32.1. The zero-order valence-corrected chi connectivity index (χ0v) is 16.5. The molecule has 1 aliphatic carbocycles. The Labute approximate surface area is 169 Å². The molecule has 0 amide bonds. The van der Waals surface area contributed by atoms with Gasteiger partial charge in [0.2, 0.25) is 0 Å². The molecule has 0 saturated heterocycles. The van der Waals surface area contributed by atoms with Crippen molar-refractivity contribution < 1.29 is 9.34 Å². The topological polar surface area (TPSA) is 102 Å². The van der Waals surface area contributed by atoms with Crippen LogP contribution in [0, 0.1) is 17.0 Å². The van der Waals surface area contributed by atoms with Crippen LogP contribution in [-0.2, 0) is 12.8 Å². The number of aryl methyl sites for hydroxylation is 3. The summed E-state index contributed by atoms with van der Waals surface area (Å²) in [5, 5.41) is 11.8. The third-order valence-electron chi connectivity index (χ3n) is 5.36. The van der Waals surface area contributed by atoms with E-state index >= 15 is 0 Å². The van der Waals surface area contributed by atoms with Gasteiger partial charge >= 0.3 is 0 Å². The number of fused-ring (bicyclic) bond motifs is 3. The zero-order valence-electron chi connectivity index (χ0n) is 15.7. The Bertz CT molecular complexity index is 1330. The van der Waals surface area contributed by atoms with Crippen molar-refractivity contribution in [2.24, 2.45) is 0 Å². The van der Waals surface area contributed by atoms with Crippen molar-refractivity contribution in [1.82, 2.24) is 9.97 Å². The van der Waals surface area contributed by atoms with Crippen LogP contribution in [0.25, 0.3) is 33.1 Å². The van der Waals surface area contributed by atoms with Crippen LogP contribution in [0.3, 0.4) is 0 Å². The van der Waals surface area contributed by atoms with E-state index in [1.54, 1.807) is 29.5 Å². The third kappa shape index (κ3) is 2.96. The van der Waals surface area contributed by atoms with E-state index in [1.165, 1.54) is 17.0 Å². The highest BCUT2D eigenvalue weighted by Gasteiger charge is 2.21. The van der Waals surface area contributed by atoms with E-state index in [2.05, 4.69) is 9.97 Å². The van der Waals surface area contributed by atoms with E-state index in [4.69, 9.17) is 4.42 Å². The molecule has 8 heteroatoms. The molecule has 7 nitrogen and oxygen atoms in total. The van der Waals surface area contributed by atoms with E-state index in [-0.39, 0.29) is 11.2 Å². The summed E-state index contributed by atoms with van der Waals surface area (Å²) < 4.78 is 5.93. The number of furan rings is 1. The number of nitro groups is 1. The fraction of sp³-hybridized carbons (Fsp3) is 0.238. The van der Waals surface area contributed by atoms with Gasteiger partial charge in [0.1, 0.15) is 10.6 Å². The van der Waals surface area contributed by atoms with E-state index < -0.39 is 4.92 Å². The number of nitro benzene ring substituents is 1. The number of nitrogens with zero attached hydrogens (tertiary/aromatic N) is 2. The minimum absolute atomic E-state index is 0.000618. The Morgan fingerprint density at radius 2 is 1.97 bits per heavy atom. The molecule has 0 fully saturated rings. The monoisotopic (exact) mass is 407 g/mol. The van der Waals surface area contributed by atoms with Crippen molar-refractivity contribution in [2.45, 2.75) is 32.6 Å². The van der Waals surface area contributed by atoms with Gasteiger partial charge in [-0.3, -0.25) is 14.9 Å². The lowest BCUT2D eigenvalue weighted by Crippen LogP contribution is -2.11. The largest absolute Gasteiger partial charge is 0.453 e. The normalized spacial score (nSPS) is 13.6. The summed E-state index contributed by atoms with van der Waals surface area (Å²) in [6.07, 6.45) is 4.18. The van der Waals surface area contributed by atoms with E-state index in [1.807, 2.05) is 6.92 Å². The summed E-state index contributed by atoms with van der Waals surface area (Å²) in [7, 11) is 0. The average molecular weight is 407 g/mol. The first-order chi connectivity index (χ1) is 14.0. The molecule has 3 aromatic heterocycles. The maximum atomic E-state index is 12.8. The molecule has 1 aliphatic rings. The number of aromatic amines is 1. The molecular weight excluding hydrogens is 390 g/mol. The number of non-ortho nitro benzene ring substituents is 1. The summed E-state index contributed by atoms with van der Waals surface area (Å²) in [4.78, 5) is 32.9. The number of hydrogen-bond donors (Lipinski definition) is 1. The fourth-order valence-electron chi connectivity index (χ4n) is 3.88. The van der Waals surface area contributed by atoms with Crippen LogP contribution in [-0.4, -0.2) is 14.9 Å². The van der Waals surface area contributed by atoms with Crippen LogP contribution in [0.4, 0.5) is 5.69 Å². The molecule has 4 aromatic rings. The van der Waals surface area contributed by atoms with Gasteiger partial charge in [-0.2, -0.15) is 0 Å². The minimum atomic E-state index is -0.432. The number of aromatic nitrogens is 2. The second-order valence-corrected chi connectivity index (χ2v) is 8.31. The lowest BCUT2D eigenvalue weighted by atomic mass is 9.97. The maximum Gasteiger partial charge on any atom is 0.270 e. The molecule has 0 spiro atoms.